The molecule has 4 rings (SSSR count). The van der Waals surface area contributed by atoms with Gasteiger partial charge in [0.05, 0.1) is 23.3 Å². The average molecular weight is 353 g/mol. The smallest absolute Gasteiger partial charge is 0.229 e. The lowest BCUT2D eigenvalue weighted by molar-refractivity contribution is -0.122. The normalized spacial score (nSPS) is 14.4. The Kier molecular flexibility index (Phi) is 3.71. The number of amides is 1. The predicted octanol–water partition coefficient (Wildman–Crippen LogP) is 2.56. The van der Waals surface area contributed by atoms with Crippen molar-refractivity contribution in [2.45, 2.75) is 33.2 Å². The van der Waals surface area contributed by atoms with Gasteiger partial charge in [-0.1, -0.05) is 0 Å². The fraction of sp³-hybridized carbons (Fsp3) is 0.444. The van der Waals surface area contributed by atoms with Crippen LogP contribution in [0, 0.1) is 6.92 Å². The zero-order valence-corrected chi connectivity index (χ0v) is 15.8. The fourth-order valence-electron chi connectivity index (χ4n) is 3.29. The molecule has 0 N–H and O–H groups in total. The van der Waals surface area contributed by atoms with Crippen LogP contribution in [0.2, 0.25) is 0 Å². The van der Waals surface area contributed by atoms with E-state index in [0.717, 1.165) is 28.1 Å². The molecule has 1 aliphatic rings. The Bertz CT molecular complexity index is 1000. The van der Waals surface area contributed by atoms with E-state index in [9.17, 15) is 4.79 Å². The van der Waals surface area contributed by atoms with E-state index in [0.29, 0.717) is 18.8 Å². The monoisotopic (exact) mass is 353 g/mol. The van der Waals surface area contributed by atoms with Crippen LogP contribution in [0.15, 0.2) is 18.5 Å². The molecular weight excluding hydrogens is 330 g/mol. The molecule has 1 saturated heterocycles. The second-order valence-corrected chi connectivity index (χ2v) is 7.05. The minimum absolute atomic E-state index is 0.112. The number of rotatable bonds is 4. The molecule has 4 heterocycles. The maximum absolute atomic E-state index is 12.0. The highest BCUT2D eigenvalue weighted by atomic mass is 16.2. The van der Waals surface area contributed by atoms with E-state index in [1.165, 1.54) is 0 Å². The van der Waals surface area contributed by atoms with Gasteiger partial charge in [0.2, 0.25) is 5.91 Å². The molecule has 3 aromatic heterocycles. The van der Waals surface area contributed by atoms with Crippen LogP contribution in [0.3, 0.4) is 0 Å². The number of carbonyl (C=O) groups is 1. The van der Waals surface area contributed by atoms with Crippen molar-refractivity contribution in [3.63, 3.8) is 0 Å². The standard InChI is InChI=1S/C18H23N7O/c1-11(2)25-18-14(23(5)13-9-19-22(4)10-13)8-15(24-7-6-16(24)26)20-17(18)12(3)21-25/h8-11H,6-7H2,1-5H3. The van der Waals surface area contributed by atoms with Gasteiger partial charge < -0.3 is 4.90 Å². The van der Waals surface area contributed by atoms with Crippen LogP contribution < -0.4 is 9.80 Å². The summed E-state index contributed by atoms with van der Waals surface area (Å²) in [5.74, 6) is 0.798. The van der Waals surface area contributed by atoms with E-state index in [1.807, 2.05) is 44.2 Å². The minimum atomic E-state index is 0.112. The van der Waals surface area contributed by atoms with Gasteiger partial charge in [-0.15, -0.1) is 0 Å². The van der Waals surface area contributed by atoms with Crippen LogP contribution in [0.25, 0.3) is 11.0 Å². The number of fused-ring (bicyclic) bond motifs is 1. The molecule has 136 valence electrons. The van der Waals surface area contributed by atoms with Crippen LogP contribution in [-0.4, -0.2) is 44.0 Å². The molecular formula is C18H23N7O. The number of β-lactam (4-membered cyclic amide) rings is 1. The third-order valence-corrected chi connectivity index (χ3v) is 4.84. The maximum atomic E-state index is 12.0. The van der Waals surface area contributed by atoms with E-state index < -0.39 is 0 Å². The largest absolute Gasteiger partial charge is 0.340 e. The van der Waals surface area contributed by atoms with Crippen molar-refractivity contribution in [2.24, 2.45) is 7.05 Å². The van der Waals surface area contributed by atoms with Gasteiger partial charge in [0.15, 0.2) is 0 Å². The number of anilines is 3. The SMILES string of the molecule is Cc1nn(C(C)C)c2c(N(C)c3cnn(C)c3)cc(N3CCC3=O)nc12. The molecule has 0 saturated carbocycles. The summed E-state index contributed by atoms with van der Waals surface area (Å²) < 4.78 is 3.77. The van der Waals surface area contributed by atoms with Crippen molar-refractivity contribution in [3.8, 4) is 0 Å². The third kappa shape index (κ3) is 2.44. The van der Waals surface area contributed by atoms with E-state index in [4.69, 9.17) is 10.1 Å². The lowest BCUT2D eigenvalue weighted by Gasteiger charge is -2.31. The molecule has 0 aliphatic carbocycles. The van der Waals surface area contributed by atoms with Crippen molar-refractivity contribution >= 4 is 34.1 Å². The Hall–Kier alpha value is -2.90. The summed E-state index contributed by atoms with van der Waals surface area (Å²) in [5, 5.41) is 8.97. The van der Waals surface area contributed by atoms with Gasteiger partial charge in [0.25, 0.3) is 0 Å². The number of hydrogen-bond acceptors (Lipinski definition) is 5. The van der Waals surface area contributed by atoms with Gasteiger partial charge in [-0.3, -0.25) is 19.1 Å². The minimum Gasteiger partial charge on any atom is -0.340 e. The van der Waals surface area contributed by atoms with Crippen molar-refractivity contribution < 1.29 is 4.79 Å². The second kappa shape index (κ2) is 5.82. The van der Waals surface area contributed by atoms with E-state index in [-0.39, 0.29) is 11.9 Å². The van der Waals surface area contributed by atoms with Crippen molar-refractivity contribution in [1.29, 1.82) is 0 Å². The van der Waals surface area contributed by atoms with Gasteiger partial charge in [0.1, 0.15) is 16.9 Å². The van der Waals surface area contributed by atoms with Crippen LogP contribution in [0.4, 0.5) is 17.2 Å². The molecule has 0 unspecified atom stereocenters. The zero-order valence-electron chi connectivity index (χ0n) is 15.8. The van der Waals surface area contributed by atoms with Gasteiger partial charge in [0, 0.05) is 45.4 Å². The molecule has 1 amide bonds. The number of nitrogens with zero attached hydrogens (tertiary/aromatic N) is 7. The molecule has 8 heteroatoms. The first-order chi connectivity index (χ1) is 12.4. The highest BCUT2D eigenvalue weighted by Gasteiger charge is 2.29. The van der Waals surface area contributed by atoms with Crippen LogP contribution in [0.1, 0.15) is 32.0 Å². The Morgan fingerprint density at radius 2 is 2.08 bits per heavy atom. The predicted molar refractivity (Wildman–Crippen MR) is 101 cm³/mol. The molecule has 0 atom stereocenters. The summed E-state index contributed by atoms with van der Waals surface area (Å²) in [6, 6.07) is 2.18. The maximum Gasteiger partial charge on any atom is 0.229 e. The first-order valence-electron chi connectivity index (χ1n) is 8.79. The molecule has 26 heavy (non-hydrogen) atoms. The second-order valence-electron chi connectivity index (χ2n) is 7.05. The van der Waals surface area contributed by atoms with Crippen molar-refractivity contribution in [2.75, 3.05) is 23.4 Å². The molecule has 3 aromatic rings. The van der Waals surface area contributed by atoms with E-state index in [1.54, 1.807) is 9.58 Å². The zero-order chi connectivity index (χ0) is 18.6. The Morgan fingerprint density at radius 1 is 1.31 bits per heavy atom. The van der Waals surface area contributed by atoms with E-state index in [2.05, 4.69) is 23.8 Å². The van der Waals surface area contributed by atoms with E-state index >= 15 is 0 Å². The number of aryl methyl sites for hydroxylation is 2. The fourth-order valence-corrected chi connectivity index (χ4v) is 3.29. The van der Waals surface area contributed by atoms with Crippen molar-refractivity contribution in [1.82, 2.24) is 24.5 Å². The summed E-state index contributed by atoms with van der Waals surface area (Å²) in [5.41, 5.74) is 4.61. The number of carbonyl (C=O) groups excluding carboxylic acids is 1. The molecule has 1 fully saturated rings. The molecule has 0 radical (unpaired) electrons. The lowest BCUT2D eigenvalue weighted by atomic mass is 10.1. The van der Waals surface area contributed by atoms with Gasteiger partial charge in [-0.05, 0) is 20.8 Å². The van der Waals surface area contributed by atoms with Crippen LogP contribution in [0.5, 0.6) is 0 Å². The summed E-state index contributed by atoms with van der Waals surface area (Å²) in [4.78, 5) is 20.5. The molecule has 1 aliphatic heterocycles. The number of aromatic nitrogens is 5. The Balaban J connectivity index is 1.96. The van der Waals surface area contributed by atoms with Gasteiger partial charge in [-0.2, -0.15) is 10.2 Å². The third-order valence-electron chi connectivity index (χ3n) is 4.84. The Morgan fingerprint density at radius 3 is 2.62 bits per heavy atom. The quantitative estimate of drug-likeness (QED) is 0.674. The number of pyridine rings is 1. The highest BCUT2D eigenvalue weighted by Crippen LogP contribution is 2.36. The average Bonchev–Trinajstić information content (AvgIpc) is 3.16. The first kappa shape index (κ1) is 16.6. The van der Waals surface area contributed by atoms with Crippen LogP contribution >= 0.6 is 0 Å². The summed E-state index contributed by atoms with van der Waals surface area (Å²) in [6.45, 7) is 6.88. The molecule has 0 aromatic carbocycles. The summed E-state index contributed by atoms with van der Waals surface area (Å²) in [7, 11) is 3.90. The van der Waals surface area contributed by atoms with Gasteiger partial charge >= 0.3 is 0 Å². The first-order valence-corrected chi connectivity index (χ1v) is 8.79. The number of hydrogen-bond donors (Lipinski definition) is 0. The topological polar surface area (TPSA) is 72.1 Å². The Labute approximate surface area is 152 Å². The summed E-state index contributed by atoms with van der Waals surface area (Å²) in [6.07, 6.45) is 4.37. The molecule has 0 bridgehead atoms. The highest BCUT2D eigenvalue weighted by molar-refractivity contribution is 6.02. The molecule has 0 spiro atoms. The van der Waals surface area contributed by atoms with Gasteiger partial charge in [-0.25, -0.2) is 4.98 Å². The lowest BCUT2D eigenvalue weighted by Crippen LogP contribution is -2.44. The van der Waals surface area contributed by atoms with Crippen LogP contribution in [-0.2, 0) is 11.8 Å². The molecule has 8 nitrogen and oxygen atoms in total. The summed E-state index contributed by atoms with van der Waals surface area (Å²) >= 11 is 0. The van der Waals surface area contributed by atoms with Crippen molar-refractivity contribution in [3.05, 3.63) is 24.2 Å².